The maximum Gasteiger partial charge on any atom is 0.417 e. The first kappa shape index (κ1) is 20.9. The Bertz CT molecular complexity index is 1000. The van der Waals surface area contributed by atoms with Gasteiger partial charge < -0.3 is 5.32 Å². The van der Waals surface area contributed by atoms with Crippen LogP contribution >= 0.6 is 11.6 Å². The normalized spacial score (nSPS) is 13.6. The molecule has 0 aliphatic carbocycles. The number of nitrogens with zero attached hydrogens (tertiary/aromatic N) is 1. The predicted octanol–water partition coefficient (Wildman–Crippen LogP) is 5.01. The van der Waals surface area contributed by atoms with Gasteiger partial charge in [0, 0.05) is 17.8 Å². The third kappa shape index (κ3) is 4.12. The summed E-state index contributed by atoms with van der Waals surface area (Å²) in [4.78, 5) is 38.4. The molecule has 3 amide bonds. The molecule has 0 atom stereocenters. The molecule has 29 heavy (non-hydrogen) atoms. The first-order chi connectivity index (χ1) is 13.6. The van der Waals surface area contributed by atoms with E-state index in [9.17, 15) is 27.6 Å². The minimum atomic E-state index is -4.67. The Morgan fingerprint density at radius 1 is 1.07 bits per heavy atom. The van der Waals surface area contributed by atoms with Gasteiger partial charge in [0.2, 0.25) is 0 Å². The lowest BCUT2D eigenvalue weighted by Gasteiger charge is -2.12. The van der Waals surface area contributed by atoms with Crippen LogP contribution in [0.2, 0.25) is 5.02 Å². The maximum atomic E-state index is 13.0. The molecule has 0 fully saturated rings. The molecule has 0 aromatic heterocycles. The van der Waals surface area contributed by atoms with Crippen LogP contribution in [0.25, 0.3) is 0 Å². The van der Waals surface area contributed by atoms with Crippen molar-refractivity contribution < 1.29 is 27.6 Å². The number of nitrogens with one attached hydrogen (secondary N) is 1. The fraction of sp³-hybridized carbons (Fsp3) is 0.250. The number of benzene rings is 2. The van der Waals surface area contributed by atoms with Gasteiger partial charge in [-0.2, -0.15) is 13.2 Å². The Hall–Kier alpha value is -2.87. The highest BCUT2D eigenvalue weighted by atomic mass is 35.5. The van der Waals surface area contributed by atoms with Crippen molar-refractivity contribution in [1.29, 1.82) is 0 Å². The van der Waals surface area contributed by atoms with E-state index in [1.165, 1.54) is 24.3 Å². The molecule has 0 spiro atoms. The van der Waals surface area contributed by atoms with E-state index in [1.807, 2.05) is 6.92 Å². The molecule has 0 unspecified atom stereocenters. The van der Waals surface area contributed by atoms with Gasteiger partial charge in [0.1, 0.15) is 0 Å². The molecule has 1 heterocycles. The van der Waals surface area contributed by atoms with E-state index in [2.05, 4.69) is 5.32 Å². The number of unbranched alkanes of at least 4 members (excludes halogenated alkanes) is 1. The number of hydrogen-bond acceptors (Lipinski definition) is 3. The Labute approximate surface area is 169 Å². The van der Waals surface area contributed by atoms with E-state index in [0.29, 0.717) is 6.42 Å². The van der Waals surface area contributed by atoms with Gasteiger partial charge in [-0.1, -0.05) is 24.9 Å². The number of halogens is 4. The van der Waals surface area contributed by atoms with Gasteiger partial charge >= 0.3 is 6.18 Å². The van der Waals surface area contributed by atoms with Crippen molar-refractivity contribution in [1.82, 2.24) is 4.90 Å². The van der Waals surface area contributed by atoms with Crippen molar-refractivity contribution in [2.75, 3.05) is 11.9 Å². The maximum absolute atomic E-state index is 13.0. The van der Waals surface area contributed by atoms with E-state index < -0.39 is 34.5 Å². The quantitative estimate of drug-likeness (QED) is 0.686. The lowest BCUT2D eigenvalue weighted by molar-refractivity contribution is -0.137. The molecule has 0 bridgehead atoms. The molecule has 0 saturated heterocycles. The van der Waals surface area contributed by atoms with Crippen molar-refractivity contribution in [3.05, 3.63) is 63.7 Å². The van der Waals surface area contributed by atoms with E-state index >= 15 is 0 Å². The van der Waals surface area contributed by atoms with Gasteiger partial charge in [0.25, 0.3) is 17.7 Å². The number of rotatable bonds is 5. The Morgan fingerprint density at radius 2 is 1.76 bits per heavy atom. The van der Waals surface area contributed by atoms with E-state index in [1.54, 1.807) is 0 Å². The summed E-state index contributed by atoms with van der Waals surface area (Å²) in [6.07, 6.45) is -3.20. The highest BCUT2D eigenvalue weighted by Gasteiger charge is 2.36. The molecule has 0 saturated carbocycles. The van der Waals surface area contributed by atoms with E-state index in [0.717, 1.165) is 23.5 Å². The molecule has 1 N–H and O–H groups in total. The second kappa shape index (κ2) is 7.87. The topological polar surface area (TPSA) is 66.5 Å². The summed E-state index contributed by atoms with van der Waals surface area (Å²) in [7, 11) is 0. The summed E-state index contributed by atoms with van der Waals surface area (Å²) in [5.41, 5.74) is -0.817. The average Bonchev–Trinajstić information content (AvgIpc) is 2.90. The fourth-order valence-electron chi connectivity index (χ4n) is 2.97. The molecular weight excluding hydrogens is 409 g/mol. The lowest BCUT2D eigenvalue weighted by Crippen LogP contribution is -2.30. The first-order valence-corrected chi connectivity index (χ1v) is 9.19. The SMILES string of the molecule is CCCCN1C(=O)c2ccc(C(=O)Nc3ccc(Cl)c(C(F)(F)F)c3)cc2C1=O. The summed E-state index contributed by atoms with van der Waals surface area (Å²) < 4.78 is 38.9. The molecule has 1 aliphatic rings. The van der Waals surface area contributed by atoms with Crippen LogP contribution in [0, 0.1) is 0 Å². The average molecular weight is 425 g/mol. The molecular formula is C20H16ClF3N2O3. The monoisotopic (exact) mass is 424 g/mol. The van der Waals surface area contributed by atoms with Gasteiger partial charge in [-0.05, 0) is 42.8 Å². The van der Waals surface area contributed by atoms with Crippen LogP contribution in [-0.2, 0) is 6.18 Å². The second-order valence-electron chi connectivity index (χ2n) is 6.52. The van der Waals surface area contributed by atoms with Gasteiger partial charge in [-0.25, -0.2) is 0 Å². The molecule has 3 rings (SSSR count). The number of carbonyl (C=O) groups excluding carboxylic acids is 3. The lowest BCUT2D eigenvalue weighted by atomic mass is 10.1. The summed E-state index contributed by atoms with van der Waals surface area (Å²) in [6, 6.07) is 7.01. The number of carbonyl (C=O) groups is 3. The predicted molar refractivity (Wildman–Crippen MR) is 101 cm³/mol. The van der Waals surface area contributed by atoms with Crippen LogP contribution < -0.4 is 5.32 Å². The molecule has 152 valence electrons. The van der Waals surface area contributed by atoms with Crippen molar-refractivity contribution in [2.45, 2.75) is 25.9 Å². The molecule has 9 heteroatoms. The second-order valence-corrected chi connectivity index (χ2v) is 6.93. The van der Waals surface area contributed by atoms with Crippen molar-refractivity contribution in [2.24, 2.45) is 0 Å². The smallest absolute Gasteiger partial charge is 0.322 e. The number of fused-ring (bicyclic) bond motifs is 1. The number of alkyl halides is 3. The zero-order valence-corrected chi connectivity index (χ0v) is 16.0. The van der Waals surface area contributed by atoms with Gasteiger partial charge in [0.15, 0.2) is 0 Å². The summed E-state index contributed by atoms with van der Waals surface area (Å²) in [6.45, 7) is 2.22. The minimum absolute atomic E-state index is 0.0470. The van der Waals surface area contributed by atoms with Crippen LogP contribution in [0.3, 0.4) is 0 Å². The van der Waals surface area contributed by atoms with Gasteiger partial charge in [-0.15, -0.1) is 0 Å². The zero-order valence-electron chi connectivity index (χ0n) is 15.3. The summed E-state index contributed by atoms with van der Waals surface area (Å²) in [5.74, 6) is -1.62. The number of anilines is 1. The third-order valence-corrected chi connectivity index (χ3v) is 4.83. The Kier molecular flexibility index (Phi) is 5.66. The largest absolute Gasteiger partial charge is 0.417 e. The van der Waals surface area contributed by atoms with E-state index in [-0.39, 0.29) is 28.9 Å². The fourth-order valence-corrected chi connectivity index (χ4v) is 3.20. The molecule has 2 aromatic carbocycles. The molecule has 0 radical (unpaired) electrons. The van der Waals surface area contributed by atoms with Crippen LogP contribution in [0.5, 0.6) is 0 Å². The number of hydrogen-bond donors (Lipinski definition) is 1. The number of imide groups is 1. The molecule has 5 nitrogen and oxygen atoms in total. The van der Waals surface area contributed by atoms with Crippen molar-refractivity contribution in [3.63, 3.8) is 0 Å². The van der Waals surface area contributed by atoms with E-state index in [4.69, 9.17) is 11.6 Å². The van der Waals surface area contributed by atoms with Crippen LogP contribution in [0.15, 0.2) is 36.4 Å². The van der Waals surface area contributed by atoms with Crippen molar-refractivity contribution in [3.8, 4) is 0 Å². The third-order valence-electron chi connectivity index (χ3n) is 4.50. The highest BCUT2D eigenvalue weighted by molar-refractivity contribution is 6.31. The summed E-state index contributed by atoms with van der Waals surface area (Å²) >= 11 is 5.57. The van der Waals surface area contributed by atoms with Crippen LogP contribution in [0.4, 0.5) is 18.9 Å². The summed E-state index contributed by atoms with van der Waals surface area (Å²) in [5, 5.41) is 1.87. The molecule has 2 aromatic rings. The van der Waals surface area contributed by atoms with Gasteiger partial charge in [0.05, 0.1) is 21.7 Å². The number of amides is 3. The van der Waals surface area contributed by atoms with Crippen LogP contribution in [-0.4, -0.2) is 29.2 Å². The van der Waals surface area contributed by atoms with Crippen LogP contribution in [0.1, 0.15) is 56.4 Å². The Morgan fingerprint density at radius 3 is 2.41 bits per heavy atom. The zero-order chi connectivity index (χ0) is 21.3. The standard InChI is InChI=1S/C20H16ClF3N2O3/c1-2-3-8-26-18(28)13-6-4-11(9-14(13)19(26)29)17(27)25-12-5-7-16(21)15(10-12)20(22,23)24/h4-7,9-10H,2-3,8H2,1H3,(H,25,27). The first-order valence-electron chi connectivity index (χ1n) is 8.81. The Balaban J connectivity index is 1.84. The highest BCUT2D eigenvalue weighted by Crippen LogP contribution is 2.36. The van der Waals surface area contributed by atoms with Gasteiger partial charge in [-0.3, -0.25) is 19.3 Å². The van der Waals surface area contributed by atoms with Crippen molar-refractivity contribution >= 4 is 35.0 Å². The minimum Gasteiger partial charge on any atom is -0.322 e. The molecule has 1 aliphatic heterocycles.